The molecule has 3 aromatic rings. The van der Waals surface area contributed by atoms with E-state index in [0.29, 0.717) is 18.0 Å². The van der Waals surface area contributed by atoms with Crippen LogP contribution in [0.1, 0.15) is 27.2 Å². The number of hydrogen-bond donors (Lipinski definition) is 2. The second kappa shape index (κ2) is 10.3. The standard InChI is InChI=1S/C22H23ClN2O4S2/c1-15-5-7-18(12-16(15)2)25-31(27,28)21-13-17(6-8-20(21)23)22(26)24-9-11-30-14-19-4-3-10-29-19/h3-8,10,12-13,25H,9,11,14H2,1-2H3,(H,24,26). The number of thioether (sulfide) groups is 1. The van der Waals surface area contributed by atoms with Gasteiger partial charge in [-0.25, -0.2) is 8.42 Å². The molecule has 0 aliphatic rings. The molecule has 31 heavy (non-hydrogen) atoms. The lowest BCUT2D eigenvalue weighted by Crippen LogP contribution is -2.26. The van der Waals surface area contributed by atoms with E-state index in [0.717, 1.165) is 22.6 Å². The minimum Gasteiger partial charge on any atom is -0.468 e. The van der Waals surface area contributed by atoms with E-state index in [1.165, 1.54) is 18.2 Å². The summed E-state index contributed by atoms with van der Waals surface area (Å²) < 4.78 is 33.5. The molecule has 0 saturated carbocycles. The molecule has 0 radical (unpaired) electrons. The maximum absolute atomic E-state index is 12.9. The minimum atomic E-state index is -3.96. The summed E-state index contributed by atoms with van der Waals surface area (Å²) in [7, 11) is -3.96. The number of sulfonamides is 1. The molecule has 1 heterocycles. The highest BCUT2D eigenvalue weighted by Crippen LogP contribution is 2.26. The van der Waals surface area contributed by atoms with E-state index in [4.69, 9.17) is 16.0 Å². The summed E-state index contributed by atoms with van der Waals surface area (Å²) in [5.74, 6) is 1.92. The van der Waals surface area contributed by atoms with Gasteiger partial charge in [-0.2, -0.15) is 11.8 Å². The molecule has 6 nitrogen and oxygen atoms in total. The Bertz CT molecular complexity index is 1160. The van der Waals surface area contributed by atoms with Crippen molar-refractivity contribution in [1.29, 1.82) is 0 Å². The highest BCUT2D eigenvalue weighted by Gasteiger charge is 2.20. The van der Waals surface area contributed by atoms with E-state index in [2.05, 4.69) is 10.0 Å². The molecule has 2 N–H and O–H groups in total. The molecule has 164 valence electrons. The smallest absolute Gasteiger partial charge is 0.263 e. The Kier molecular flexibility index (Phi) is 7.69. The van der Waals surface area contributed by atoms with E-state index >= 15 is 0 Å². The van der Waals surface area contributed by atoms with Crippen LogP contribution in [-0.4, -0.2) is 26.6 Å². The van der Waals surface area contributed by atoms with Gasteiger partial charge in [0.05, 0.1) is 17.0 Å². The normalized spacial score (nSPS) is 11.3. The monoisotopic (exact) mass is 478 g/mol. The minimum absolute atomic E-state index is 0.0434. The zero-order valence-electron chi connectivity index (χ0n) is 17.1. The molecule has 9 heteroatoms. The van der Waals surface area contributed by atoms with Crippen molar-refractivity contribution in [3.8, 4) is 0 Å². The fourth-order valence-electron chi connectivity index (χ4n) is 2.77. The number of amides is 1. The van der Waals surface area contributed by atoms with Gasteiger partial charge in [0.1, 0.15) is 10.7 Å². The molecular formula is C22H23ClN2O4S2. The second-order valence-corrected chi connectivity index (χ2v) is 10.1. The summed E-state index contributed by atoms with van der Waals surface area (Å²) in [6.07, 6.45) is 1.62. The number of aryl methyl sites for hydroxylation is 2. The van der Waals surface area contributed by atoms with Gasteiger partial charge in [-0.05, 0) is 67.4 Å². The Balaban J connectivity index is 1.64. The van der Waals surface area contributed by atoms with Crippen LogP contribution in [-0.2, 0) is 15.8 Å². The van der Waals surface area contributed by atoms with Gasteiger partial charge >= 0.3 is 0 Å². The van der Waals surface area contributed by atoms with E-state index in [1.807, 2.05) is 32.0 Å². The molecule has 3 rings (SSSR count). The Labute approximate surface area is 191 Å². The first-order valence-corrected chi connectivity index (χ1v) is 12.6. The molecule has 0 spiro atoms. The van der Waals surface area contributed by atoms with Crippen LogP contribution in [0, 0.1) is 13.8 Å². The Morgan fingerprint density at radius 2 is 1.90 bits per heavy atom. The van der Waals surface area contributed by atoms with Gasteiger partial charge in [0.15, 0.2) is 0 Å². The number of hydrogen-bond acceptors (Lipinski definition) is 5. The quantitative estimate of drug-likeness (QED) is 0.422. The first-order valence-electron chi connectivity index (χ1n) is 9.54. The Morgan fingerprint density at radius 3 is 2.61 bits per heavy atom. The highest BCUT2D eigenvalue weighted by molar-refractivity contribution is 7.98. The fraction of sp³-hybridized carbons (Fsp3) is 0.227. The molecule has 0 bridgehead atoms. The van der Waals surface area contributed by atoms with Crippen LogP contribution < -0.4 is 10.0 Å². The second-order valence-electron chi connectivity index (χ2n) is 6.94. The zero-order chi connectivity index (χ0) is 22.4. The van der Waals surface area contributed by atoms with Crippen molar-refractivity contribution in [3.63, 3.8) is 0 Å². The van der Waals surface area contributed by atoms with Crippen LogP contribution in [0.4, 0.5) is 5.69 Å². The number of benzene rings is 2. The molecule has 2 aromatic carbocycles. The summed E-state index contributed by atoms with van der Waals surface area (Å²) in [5, 5.41) is 2.84. The third-order valence-electron chi connectivity index (χ3n) is 4.60. The van der Waals surface area contributed by atoms with Crippen molar-refractivity contribution in [2.24, 2.45) is 0 Å². The average molecular weight is 479 g/mol. The van der Waals surface area contributed by atoms with Crippen molar-refractivity contribution in [2.75, 3.05) is 17.0 Å². The fourth-order valence-corrected chi connectivity index (χ4v) is 5.10. The summed E-state index contributed by atoms with van der Waals surface area (Å²) in [5.41, 5.74) is 2.68. The summed E-state index contributed by atoms with van der Waals surface area (Å²) in [4.78, 5) is 12.3. The number of carbonyl (C=O) groups excluding carboxylic acids is 1. The predicted octanol–water partition coefficient (Wildman–Crippen LogP) is 5.01. The van der Waals surface area contributed by atoms with Gasteiger partial charge in [0, 0.05) is 23.5 Å². The van der Waals surface area contributed by atoms with Crippen molar-refractivity contribution in [1.82, 2.24) is 5.32 Å². The Hall–Kier alpha value is -2.42. The van der Waals surface area contributed by atoms with Gasteiger partial charge in [-0.1, -0.05) is 17.7 Å². The number of furan rings is 1. The molecule has 0 unspecified atom stereocenters. The first kappa shape index (κ1) is 23.2. The molecule has 0 fully saturated rings. The maximum atomic E-state index is 12.9. The van der Waals surface area contributed by atoms with Crippen molar-refractivity contribution >= 4 is 45.0 Å². The zero-order valence-corrected chi connectivity index (χ0v) is 19.5. The van der Waals surface area contributed by atoms with E-state index in [-0.39, 0.29) is 21.4 Å². The molecule has 0 atom stereocenters. The van der Waals surface area contributed by atoms with E-state index in [9.17, 15) is 13.2 Å². The number of rotatable bonds is 9. The number of nitrogens with one attached hydrogen (secondary N) is 2. The van der Waals surface area contributed by atoms with E-state index in [1.54, 1.807) is 30.2 Å². The molecule has 0 aliphatic carbocycles. The number of carbonyl (C=O) groups is 1. The van der Waals surface area contributed by atoms with Crippen LogP contribution >= 0.6 is 23.4 Å². The van der Waals surface area contributed by atoms with Crippen LogP contribution in [0.25, 0.3) is 0 Å². The van der Waals surface area contributed by atoms with Gasteiger partial charge in [-0.15, -0.1) is 0 Å². The lowest BCUT2D eigenvalue weighted by molar-refractivity contribution is 0.0956. The molecule has 0 aliphatic heterocycles. The van der Waals surface area contributed by atoms with Crippen molar-refractivity contribution in [2.45, 2.75) is 24.5 Å². The lowest BCUT2D eigenvalue weighted by Gasteiger charge is -2.12. The third kappa shape index (κ3) is 6.29. The molecular weight excluding hydrogens is 456 g/mol. The van der Waals surface area contributed by atoms with Gasteiger partial charge in [0.25, 0.3) is 15.9 Å². The van der Waals surface area contributed by atoms with Crippen molar-refractivity contribution in [3.05, 3.63) is 82.3 Å². The summed E-state index contributed by atoms with van der Waals surface area (Å²) in [6.45, 7) is 4.29. The Morgan fingerprint density at radius 1 is 1.10 bits per heavy atom. The van der Waals surface area contributed by atoms with Crippen LogP contribution in [0.2, 0.25) is 5.02 Å². The van der Waals surface area contributed by atoms with Crippen LogP contribution in [0.3, 0.4) is 0 Å². The molecule has 0 saturated heterocycles. The van der Waals surface area contributed by atoms with Crippen molar-refractivity contribution < 1.29 is 17.6 Å². The first-order chi connectivity index (χ1) is 14.8. The number of halogens is 1. The molecule has 1 amide bonds. The van der Waals surface area contributed by atoms with Gasteiger partial charge in [0.2, 0.25) is 0 Å². The SMILES string of the molecule is Cc1ccc(NS(=O)(=O)c2cc(C(=O)NCCSCc3ccco3)ccc2Cl)cc1C. The lowest BCUT2D eigenvalue weighted by atomic mass is 10.1. The summed E-state index contributed by atoms with van der Waals surface area (Å²) >= 11 is 7.77. The molecule has 1 aromatic heterocycles. The van der Waals surface area contributed by atoms with E-state index < -0.39 is 10.0 Å². The predicted molar refractivity (Wildman–Crippen MR) is 125 cm³/mol. The highest BCUT2D eigenvalue weighted by atomic mass is 35.5. The third-order valence-corrected chi connectivity index (χ3v) is 7.44. The number of anilines is 1. The van der Waals surface area contributed by atoms with Crippen LogP contribution in [0.5, 0.6) is 0 Å². The van der Waals surface area contributed by atoms with Crippen LogP contribution in [0.15, 0.2) is 64.1 Å². The van der Waals surface area contributed by atoms with Gasteiger partial charge in [-0.3, -0.25) is 9.52 Å². The maximum Gasteiger partial charge on any atom is 0.263 e. The van der Waals surface area contributed by atoms with Gasteiger partial charge < -0.3 is 9.73 Å². The topological polar surface area (TPSA) is 88.4 Å². The summed E-state index contributed by atoms with van der Waals surface area (Å²) in [6, 6.07) is 13.2. The average Bonchev–Trinajstić information content (AvgIpc) is 3.24. The largest absolute Gasteiger partial charge is 0.468 e.